The second-order valence-corrected chi connectivity index (χ2v) is 4.03. The lowest BCUT2D eigenvalue weighted by molar-refractivity contribution is -0.131. The summed E-state index contributed by atoms with van der Waals surface area (Å²) in [6.07, 6.45) is 11.6. The molecule has 2 nitrogen and oxygen atoms in total. The van der Waals surface area contributed by atoms with Gasteiger partial charge in [0, 0.05) is 6.08 Å². The Bertz CT molecular complexity index is 296. The van der Waals surface area contributed by atoms with Crippen LogP contribution < -0.4 is 0 Å². The highest BCUT2D eigenvalue weighted by molar-refractivity contribution is 5.80. The van der Waals surface area contributed by atoms with Gasteiger partial charge in [-0.25, -0.2) is 4.79 Å². The first-order valence-corrected chi connectivity index (χ1v) is 5.73. The predicted molar refractivity (Wildman–Crippen MR) is 68.4 cm³/mol. The Morgan fingerprint density at radius 1 is 1.12 bits per heavy atom. The smallest absolute Gasteiger partial charge is 0.328 e. The molecule has 0 amide bonds. The lowest BCUT2D eigenvalue weighted by atomic mass is 10.1. The molecule has 0 fully saturated rings. The van der Waals surface area contributed by atoms with Crippen molar-refractivity contribution in [3.63, 3.8) is 0 Å². The van der Waals surface area contributed by atoms with Gasteiger partial charge in [0.15, 0.2) is 0 Å². The molecular weight excluding hydrogens is 200 g/mol. The topological polar surface area (TPSA) is 37.3 Å². The summed E-state index contributed by atoms with van der Waals surface area (Å²) in [5.74, 6) is -0.855. The monoisotopic (exact) mass is 222 g/mol. The summed E-state index contributed by atoms with van der Waals surface area (Å²) in [4.78, 5) is 10.4. The average Bonchev–Trinajstić information content (AvgIpc) is 2.17. The third kappa shape index (κ3) is 9.25. The summed E-state index contributed by atoms with van der Waals surface area (Å²) in [5, 5.41) is 8.54. The number of carbonyl (C=O) groups is 1. The maximum atomic E-state index is 10.4. The van der Waals surface area contributed by atoms with Gasteiger partial charge in [0.2, 0.25) is 0 Å². The minimum atomic E-state index is -0.855. The summed E-state index contributed by atoms with van der Waals surface area (Å²) in [6.45, 7) is 6.01. The fourth-order valence-corrected chi connectivity index (χ4v) is 1.41. The van der Waals surface area contributed by atoms with Gasteiger partial charge < -0.3 is 5.11 Å². The van der Waals surface area contributed by atoms with Crippen LogP contribution in [0, 0.1) is 0 Å². The Balaban J connectivity index is 3.86. The lowest BCUT2D eigenvalue weighted by Crippen LogP contribution is -1.89. The van der Waals surface area contributed by atoms with Gasteiger partial charge in [-0.1, -0.05) is 29.4 Å². The van der Waals surface area contributed by atoms with Crippen LogP contribution in [-0.4, -0.2) is 11.1 Å². The highest BCUT2D eigenvalue weighted by Crippen LogP contribution is 2.10. The van der Waals surface area contributed by atoms with E-state index < -0.39 is 5.97 Å². The second kappa shape index (κ2) is 8.96. The first-order valence-electron chi connectivity index (χ1n) is 5.73. The van der Waals surface area contributed by atoms with Crippen molar-refractivity contribution in [2.24, 2.45) is 0 Å². The second-order valence-electron chi connectivity index (χ2n) is 4.03. The van der Waals surface area contributed by atoms with E-state index >= 15 is 0 Å². The third-order valence-corrected chi connectivity index (χ3v) is 2.34. The number of hydrogen-bond donors (Lipinski definition) is 1. The van der Waals surface area contributed by atoms with E-state index in [2.05, 4.69) is 25.2 Å². The molecular formula is C14H22O2. The molecule has 0 aromatic carbocycles. The molecule has 0 saturated heterocycles. The highest BCUT2D eigenvalue weighted by Gasteiger charge is 1.94. The van der Waals surface area contributed by atoms with Crippen molar-refractivity contribution in [1.82, 2.24) is 0 Å². The molecule has 1 N–H and O–H groups in total. The molecule has 90 valence electrons. The van der Waals surface area contributed by atoms with Gasteiger partial charge in [0.1, 0.15) is 0 Å². The Morgan fingerprint density at radius 3 is 2.31 bits per heavy atom. The molecule has 0 atom stereocenters. The molecule has 0 radical (unpaired) electrons. The van der Waals surface area contributed by atoms with Gasteiger partial charge >= 0.3 is 5.97 Å². The molecule has 0 spiro atoms. The molecule has 0 aliphatic heterocycles. The number of aliphatic carboxylic acids is 1. The Morgan fingerprint density at radius 2 is 1.75 bits per heavy atom. The molecule has 0 unspecified atom stereocenters. The molecule has 16 heavy (non-hydrogen) atoms. The van der Waals surface area contributed by atoms with Gasteiger partial charge in [0.05, 0.1) is 0 Å². The number of carboxylic acids is 1. The molecule has 0 rings (SSSR count). The molecule has 0 aliphatic carbocycles. The van der Waals surface area contributed by atoms with Gasteiger partial charge in [-0.3, -0.25) is 0 Å². The SMILES string of the molecule is CC=CCCC(C)=CCCC(C)=CC(=O)O. The lowest BCUT2D eigenvalue weighted by Gasteiger charge is -1.99. The van der Waals surface area contributed by atoms with E-state index in [1.165, 1.54) is 11.6 Å². The molecule has 0 aliphatic rings. The van der Waals surface area contributed by atoms with Crippen molar-refractivity contribution in [1.29, 1.82) is 0 Å². The van der Waals surface area contributed by atoms with E-state index in [1.807, 2.05) is 13.8 Å². The van der Waals surface area contributed by atoms with E-state index in [1.54, 1.807) is 0 Å². The van der Waals surface area contributed by atoms with Crippen molar-refractivity contribution in [2.45, 2.75) is 46.5 Å². The molecule has 0 heterocycles. The quantitative estimate of drug-likeness (QED) is 0.520. The van der Waals surface area contributed by atoms with E-state index in [-0.39, 0.29) is 0 Å². The number of carboxylic acid groups (broad SMARTS) is 1. The fraction of sp³-hybridized carbons (Fsp3) is 0.500. The number of hydrogen-bond acceptors (Lipinski definition) is 1. The molecule has 0 aromatic rings. The van der Waals surface area contributed by atoms with Gasteiger partial charge in [-0.2, -0.15) is 0 Å². The summed E-state index contributed by atoms with van der Waals surface area (Å²) >= 11 is 0. The van der Waals surface area contributed by atoms with Crippen molar-refractivity contribution in [3.8, 4) is 0 Å². The van der Waals surface area contributed by atoms with Crippen molar-refractivity contribution >= 4 is 5.97 Å². The van der Waals surface area contributed by atoms with E-state index in [9.17, 15) is 4.79 Å². The van der Waals surface area contributed by atoms with Crippen LogP contribution >= 0.6 is 0 Å². The van der Waals surface area contributed by atoms with Crippen LogP contribution in [0.25, 0.3) is 0 Å². The zero-order chi connectivity index (χ0) is 12.4. The van der Waals surface area contributed by atoms with Crippen molar-refractivity contribution in [2.75, 3.05) is 0 Å². The maximum absolute atomic E-state index is 10.4. The van der Waals surface area contributed by atoms with Gasteiger partial charge in [0.25, 0.3) is 0 Å². The van der Waals surface area contributed by atoms with Gasteiger partial charge in [-0.05, 0) is 46.5 Å². The molecule has 0 saturated carbocycles. The first-order chi connectivity index (χ1) is 7.56. The van der Waals surface area contributed by atoms with Crippen LogP contribution in [0.4, 0.5) is 0 Å². The standard InChI is InChI=1S/C14H22O2/c1-4-5-6-8-12(2)9-7-10-13(3)11-14(15)16/h4-5,9,11H,6-8,10H2,1-3H3,(H,15,16). The van der Waals surface area contributed by atoms with E-state index in [0.717, 1.165) is 31.3 Å². The number of allylic oxidation sites excluding steroid dienone is 5. The molecule has 0 aromatic heterocycles. The first kappa shape index (κ1) is 14.7. The van der Waals surface area contributed by atoms with Crippen LogP contribution in [0.3, 0.4) is 0 Å². The largest absolute Gasteiger partial charge is 0.478 e. The van der Waals surface area contributed by atoms with Crippen molar-refractivity contribution in [3.05, 3.63) is 35.5 Å². The van der Waals surface area contributed by atoms with Crippen LogP contribution in [0.2, 0.25) is 0 Å². The van der Waals surface area contributed by atoms with E-state index in [4.69, 9.17) is 5.11 Å². The normalized spacial score (nSPS) is 13.4. The van der Waals surface area contributed by atoms with Crippen molar-refractivity contribution < 1.29 is 9.90 Å². The summed E-state index contributed by atoms with van der Waals surface area (Å²) < 4.78 is 0. The minimum absolute atomic E-state index is 0.827. The maximum Gasteiger partial charge on any atom is 0.328 e. The van der Waals surface area contributed by atoms with Crippen LogP contribution in [-0.2, 0) is 4.79 Å². The zero-order valence-electron chi connectivity index (χ0n) is 10.5. The Kier molecular flexibility index (Phi) is 8.22. The summed E-state index contributed by atoms with van der Waals surface area (Å²) in [7, 11) is 0. The summed E-state index contributed by atoms with van der Waals surface area (Å²) in [6, 6.07) is 0. The minimum Gasteiger partial charge on any atom is -0.478 e. The number of rotatable bonds is 7. The van der Waals surface area contributed by atoms with E-state index in [0.29, 0.717) is 0 Å². The fourth-order valence-electron chi connectivity index (χ4n) is 1.41. The Labute approximate surface area is 98.4 Å². The third-order valence-electron chi connectivity index (χ3n) is 2.34. The molecule has 0 bridgehead atoms. The van der Waals surface area contributed by atoms with Gasteiger partial charge in [-0.15, -0.1) is 0 Å². The van der Waals surface area contributed by atoms with Crippen LogP contribution in [0.15, 0.2) is 35.5 Å². The van der Waals surface area contributed by atoms with Crippen LogP contribution in [0.1, 0.15) is 46.5 Å². The molecule has 2 heteroatoms. The average molecular weight is 222 g/mol. The predicted octanol–water partition coefficient (Wildman–Crippen LogP) is 4.10. The highest BCUT2D eigenvalue weighted by atomic mass is 16.4. The van der Waals surface area contributed by atoms with Crippen LogP contribution in [0.5, 0.6) is 0 Å². The summed E-state index contributed by atoms with van der Waals surface area (Å²) in [5.41, 5.74) is 2.30. The zero-order valence-corrected chi connectivity index (χ0v) is 10.5. The Hall–Kier alpha value is -1.31.